The first-order chi connectivity index (χ1) is 9.97. The Morgan fingerprint density at radius 3 is 2.81 bits per heavy atom. The predicted octanol–water partition coefficient (Wildman–Crippen LogP) is 3.83. The zero-order chi connectivity index (χ0) is 15.4. The molecular formula is C16H19FN2OS. The Labute approximate surface area is 128 Å². The Kier molecular flexibility index (Phi) is 5.09. The minimum atomic E-state index is -0.405. The molecule has 0 bridgehead atoms. The third-order valence-corrected chi connectivity index (χ3v) is 4.45. The molecule has 2 aromatic rings. The van der Waals surface area contributed by atoms with Crippen LogP contribution >= 0.6 is 11.3 Å². The lowest BCUT2D eigenvalue weighted by Crippen LogP contribution is -2.32. The molecule has 1 amide bonds. The first-order valence-electron chi connectivity index (χ1n) is 6.77. The summed E-state index contributed by atoms with van der Waals surface area (Å²) in [7, 11) is 1.88. The number of carbonyl (C=O) groups is 1. The molecule has 0 spiro atoms. The van der Waals surface area contributed by atoms with Gasteiger partial charge in [-0.1, -0.05) is 12.1 Å². The molecule has 0 saturated carbocycles. The lowest BCUT2D eigenvalue weighted by atomic mass is 10.2. The van der Waals surface area contributed by atoms with Gasteiger partial charge in [0, 0.05) is 10.9 Å². The monoisotopic (exact) mass is 306 g/mol. The van der Waals surface area contributed by atoms with Gasteiger partial charge in [-0.05, 0) is 50.0 Å². The SMILES string of the molecule is Cc1ccc(NC(=O)CN(C)C(C)c2cccs2)c(F)c1. The molecule has 1 heterocycles. The van der Waals surface area contributed by atoms with Crippen molar-refractivity contribution in [1.82, 2.24) is 4.90 Å². The minimum Gasteiger partial charge on any atom is -0.322 e. The predicted molar refractivity (Wildman–Crippen MR) is 85.1 cm³/mol. The van der Waals surface area contributed by atoms with E-state index in [9.17, 15) is 9.18 Å². The van der Waals surface area contributed by atoms with Crippen LogP contribution in [0.3, 0.4) is 0 Å². The summed E-state index contributed by atoms with van der Waals surface area (Å²) >= 11 is 1.66. The third-order valence-electron chi connectivity index (χ3n) is 3.41. The Morgan fingerprint density at radius 2 is 2.19 bits per heavy atom. The maximum Gasteiger partial charge on any atom is 0.238 e. The maximum absolute atomic E-state index is 13.7. The molecule has 0 radical (unpaired) electrons. The van der Waals surface area contributed by atoms with Gasteiger partial charge in [-0.15, -0.1) is 11.3 Å². The van der Waals surface area contributed by atoms with E-state index in [1.807, 2.05) is 43.3 Å². The number of rotatable bonds is 5. The average Bonchev–Trinajstić information content (AvgIpc) is 2.95. The fourth-order valence-electron chi connectivity index (χ4n) is 2.02. The van der Waals surface area contributed by atoms with Gasteiger partial charge in [0.25, 0.3) is 0 Å². The number of nitrogens with one attached hydrogen (secondary N) is 1. The number of anilines is 1. The second-order valence-corrected chi connectivity index (χ2v) is 6.12. The lowest BCUT2D eigenvalue weighted by Gasteiger charge is -2.23. The molecule has 0 aliphatic rings. The summed E-state index contributed by atoms with van der Waals surface area (Å²) in [5.74, 6) is -0.624. The fourth-order valence-corrected chi connectivity index (χ4v) is 2.87. The Morgan fingerprint density at radius 1 is 1.43 bits per heavy atom. The summed E-state index contributed by atoms with van der Waals surface area (Å²) in [5, 5.41) is 4.63. The van der Waals surface area contributed by atoms with Crippen LogP contribution in [0.5, 0.6) is 0 Å². The number of carbonyl (C=O) groups excluding carboxylic acids is 1. The van der Waals surface area contributed by atoms with Crippen LogP contribution in [0.2, 0.25) is 0 Å². The van der Waals surface area contributed by atoms with E-state index in [0.717, 1.165) is 5.56 Å². The molecule has 112 valence electrons. The zero-order valence-electron chi connectivity index (χ0n) is 12.4. The maximum atomic E-state index is 13.7. The Balaban J connectivity index is 1.95. The van der Waals surface area contributed by atoms with Crippen LogP contribution < -0.4 is 5.32 Å². The second-order valence-electron chi connectivity index (χ2n) is 5.14. The van der Waals surface area contributed by atoms with Crippen molar-refractivity contribution in [3.05, 3.63) is 52.0 Å². The van der Waals surface area contributed by atoms with Crippen LogP contribution in [0.1, 0.15) is 23.4 Å². The first-order valence-corrected chi connectivity index (χ1v) is 7.65. The summed E-state index contributed by atoms with van der Waals surface area (Å²) in [5.41, 5.74) is 1.05. The second kappa shape index (κ2) is 6.83. The molecule has 1 N–H and O–H groups in total. The summed E-state index contributed by atoms with van der Waals surface area (Å²) in [6, 6.07) is 8.96. The van der Waals surface area contributed by atoms with Crippen molar-refractivity contribution in [2.45, 2.75) is 19.9 Å². The summed E-state index contributed by atoms with van der Waals surface area (Å²) in [6.45, 7) is 4.07. The summed E-state index contributed by atoms with van der Waals surface area (Å²) in [6.07, 6.45) is 0. The van der Waals surface area contributed by atoms with Crippen LogP contribution in [-0.4, -0.2) is 24.4 Å². The molecule has 2 rings (SSSR count). The molecule has 1 aromatic carbocycles. The number of thiophene rings is 1. The highest BCUT2D eigenvalue weighted by molar-refractivity contribution is 7.10. The number of amides is 1. The largest absolute Gasteiger partial charge is 0.322 e. The number of benzene rings is 1. The van der Waals surface area contributed by atoms with E-state index in [2.05, 4.69) is 5.32 Å². The van der Waals surface area contributed by atoms with Crippen LogP contribution in [0.25, 0.3) is 0 Å². The molecule has 0 saturated heterocycles. The number of nitrogens with zero attached hydrogens (tertiary/aromatic N) is 1. The number of hydrogen-bond acceptors (Lipinski definition) is 3. The van der Waals surface area contributed by atoms with Crippen molar-refractivity contribution >= 4 is 22.9 Å². The molecule has 0 fully saturated rings. The van der Waals surface area contributed by atoms with Gasteiger partial charge in [0.15, 0.2) is 0 Å². The fraction of sp³-hybridized carbons (Fsp3) is 0.312. The average molecular weight is 306 g/mol. The van der Waals surface area contributed by atoms with E-state index in [0.29, 0.717) is 0 Å². The van der Waals surface area contributed by atoms with Crippen LogP contribution in [-0.2, 0) is 4.79 Å². The van der Waals surface area contributed by atoms with E-state index < -0.39 is 5.82 Å². The van der Waals surface area contributed by atoms with Crippen LogP contribution in [0.4, 0.5) is 10.1 Å². The number of aryl methyl sites for hydroxylation is 1. The highest BCUT2D eigenvalue weighted by Gasteiger charge is 2.16. The summed E-state index contributed by atoms with van der Waals surface area (Å²) < 4.78 is 13.7. The topological polar surface area (TPSA) is 32.3 Å². The molecule has 3 nitrogen and oxygen atoms in total. The molecule has 21 heavy (non-hydrogen) atoms. The molecule has 0 aliphatic carbocycles. The van der Waals surface area contributed by atoms with Gasteiger partial charge in [-0.3, -0.25) is 9.69 Å². The lowest BCUT2D eigenvalue weighted by molar-refractivity contribution is -0.117. The first kappa shape index (κ1) is 15.7. The van der Waals surface area contributed by atoms with Gasteiger partial charge in [-0.2, -0.15) is 0 Å². The normalized spacial score (nSPS) is 12.4. The molecular weight excluding hydrogens is 287 g/mol. The van der Waals surface area contributed by atoms with Crippen molar-refractivity contribution < 1.29 is 9.18 Å². The molecule has 1 atom stereocenters. The zero-order valence-corrected chi connectivity index (χ0v) is 13.2. The van der Waals surface area contributed by atoms with Crippen molar-refractivity contribution in [2.75, 3.05) is 18.9 Å². The van der Waals surface area contributed by atoms with Gasteiger partial charge in [0.2, 0.25) is 5.91 Å². The van der Waals surface area contributed by atoms with E-state index >= 15 is 0 Å². The number of hydrogen-bond donors (Lipinski definition) is 1. The smallest absolute Gasteiger partial charge is 0.238 e. The van der Waals surface area contributed by atoms with Gasteiger partial charge >= 0.3 is 0 Å². The van der Waals surface area contributed by atoms with Crippen molar-refractivity contribution in [1.29, 1.82) is 0 Å². The quantitative estimate of drug-likeness (QED) is 0.910. The van der Waals surface area contributed by atoms with Gasteiger partial charge in [0.1, 0.15) is 5.82 Å². The van der Waals surface area contributed by atoms with Crippen LogP contribution in [0, 0.1) is 12.7 Å². The minimum absolute atomic E-state index is 0.151. The van der Waals surface area contributed by atoms with E-state index in [-0.39, 0.29) is 24.2 Å². The molecule has 0 aliphatic heterocycles. The Bertz CT molecular complexity index is 613. The number of halogens is 1. The van der Waals surface area contributed by atoms with Crippen molar-refractivity contribution in [2.24, 2.45) is 0 Å². The third kappa shape index (κ3) is 4.12. The van der Waals surface area contributed by atoms with E-state index in [4.69, 9.17) is 0 Å². The standard InChI is InChI=1S/C16H19FN2OS/c1-11-6-7-14(13(17)9-11)18-16(20)10-19(3)12(2)15-5-4-8-21-15/h4-9,12H,10H2,1-3H3,(H,18,20). The van der Waals surface area contributed by atoms with Gasteiger partial charge < -0.3 is 5.32 Å². The highest BCUT2D eigenvalue weighted by atomic mass is 32.1. The van der Waals surface area contributed by atoms with Crippen molar-refractivity contribution in [3.63, 3.8) is 0 Å². The van der Waals surface area contributed by atoms with Gasteiger partial charge in [0.05, 0.1) is 12.2 Å². The van der Waals surface area contributed by atoms with E-state index in [1.54, 1.807) is 23.5 Å². The molecule has 5 heteroatoms. The van der Waals surface area contributed by atoms with Crippen molar-refractivity contribution in [3.8, 4) is 0 Å². The number of likely N-dealkylation sites (N-methyl/N-ethyl adjacent to an activating group) is 1. The highest BCUT2D eigenvalue weighted by Crippen LogP contribution is 2.23. The summed E-state index contributed by atoms with van der Waals surface area (Å²) in [4.78, 5) is 15.2. The van der Waals surface area contributed by atoms with Gasteiger partial charge in [-0.25, -0.2) is 4.39 Å². The molecule has 1 unspecified atom stereocenters. The molecule has 1 aromatic heterocycles. The van der Waals surface area contributed by atoms with E-state index in [1.165, 1.54) is 10.9 Å². The Hall–Kier alpha value is -1.72. The van der Waals surface area contributed by atoms with Crippen LogP contribution in [0.15, 0.2) is 35.7 Å².